The molecule has 0 atom stereocenters. The van der Waals surface area contributed by atoms with Crippen molar-refractivity contribution in [3.63, 3.8) is 0 Å². The quantitative estimate of drug-likeness (QED) is 0.388. The van der Waals surface area contributed by atoms with E-state index in [-0.39, 0.29) is 5.70 Å². The van der Waals surface area contributed by atoms with Crippen molar-refractivity contribution in [3.8, 4) is 0 Å². The van der Waals surface area contributed by atoms with Gasteiger partial charge in [0.05, 0.1) is 0 Å². The van der Waals surface area contributed by atoms with Crippen molar-refractivity contribution in [1.29, 1.82) is 0 Å². The van der Waals surface area contributed by atoms with Crippen molar-refractivity contribution in [2.45, 2.75) is 0 Å². The maximum atomic E-state index is 11.2. The highest BCUT2D eigenvalue weighted by Gasteiger charge is 2.23. The molecule has 0 saturated carbocycles. The average Bonchev–Trinajstić information content (AvgIpc) is 2.46. The summed E-state index contributed by atoms with van der Waals surface area (Å²) in [5.41, 5.74) is 0.240. The molecular weight excluding hydrogens is 194 g/mol. The highest BCUT2D eigenvalue weighted by atomic mass is 16.2. The van der Waals surface area contributed by atoms with Gasteiger partial charge in [-0.15, -0.1) is 13.2 Å². The molecule has 1 saturated heterocycles. The number of amides is 3. The van der Waals surface area contributed by atoms with E-state index in [1.54, 1.807) is 23.3 Å². The number of urea groups is 1. The lowest BCUT2D eigenvalue weighted by Gasteiger charge is -2.16. The minimum Gasteiger partial charge on any atom is -0.368 e. The summed E-state index contributed by atoms with van der Waals surface area (Å²) >= 11 is 0. The molecule has 0 spiro atoms. The van der Waals surface area contributed by atoms with Crippen LogP contribution in [0.4, 0.5) is 4.79 Å². The number of hydrogen-bond donors (Lipinski definition) is 2. The largest absolute Gasteiger partial charge is 0.368 e. The van der Waals surface area contributed by atoms with Gasteiger partial charge in [-0.05, 0) is 0 Å². The fraction of sp³-hybridized carbons (Fsp3) is 0.200. The van der Waals surface area contributed by atoms with Gasteiger partial charge < -0.3 is 10.2 Å². The molecule has 0 aromatic heterocycles. The molecule has 0 aromatic carbocycles. The SMILES string of the molecule is C=CCN(/C=C1/NC(=O)NC1=O)CC=C. The van der Waals surface area contributed by atoms with Crippen molar-refractivity contribution in [2.24, 2.45) is 0 Å². The lowest BCUT2D eigenvalue weighted by molar-refractivity contribution is -0.115. The van der Waals surface area contributed by atoms with E-state index in [1.807, 2.05) is 0 Å². The summed E-state index contributed by atoms with van der Waals surface area (Å²) in [6.45, 7) is 8.36. The number of rotatable bonds is 5. The fourth-order valence-corrected chi connectivity index (χ4v) is 1.17. The molecule has 2 N–H and O–H groups in total. The van der Waals surface area contributed by atoms with Crippen LogP contribution in [-0.4, -0.2) is 29.9 Å². The topological polar surface area (TPSA) is 61.4 Å². The Morgan fingerprint density at radius 2 is 1.73 bits per heavy atom. The third-order valence-corrected chi connectivity index (χ3v) is 1.76. The number of nitrogens with zero attached hydrogens (tertiary/aromatic N) is 1. The van der Waals surface area contributed by atoms with Gasteiger partial charge in [-0.25, -0.2) is 4.79 Å². The maximum absolute atomic E-state index is 11.2. The van der Waals surface area contributed by atoms with E-state index in [0.717, 1.165) is 0 Å². The zero-order valence-electron chi connectivity index (χ0n) is 8.32. The first-order valence-corrected chi connectivity index (χ1v) is 4.47. The molecule has 1 rings (SSSR count). The highest BCUT2D eigenvalue weighted by Crippen LogP contribution is 2.01. The minimum absolute atomic E-state index is 0.240. The second-order valence-electron chi connectivity index (χ2n) is 2.98. The van der Waals surface area contributed by atoms with Crippen molar-refractivity contribution in [3.05, 3.63) is 37.2 Å². The van der Waals surface area contributed by atoms with Gasteiger partial charge in [0.2, 0.25) is 0 Å². The number of hydrogen-bond acceptors (Lipinski definition) is 3. The molecule has 15 heavy (non-hydrogen) atoms. The van der Waals surface area contributed by atoms with E-state index < -0.39 is 11.9 Å². The summed E-state index contributed by atoms with van der Waals surface area (Å²) in [4.78, 5) is 23.8. The Labute approximate surface area is 88.1 Å². The maximum Gasteiger partial charge on any atom is 0.326 e. The molecule has 5 nitrogen and oxygen atoms in total. The predicted molar refractivity (Wildman–Crippen MR) is 56.7 cm³/mol. The number of imide groups is 1. The predicted octanol–water partition coefficient (Wildman–Crippen LogP) is 0.341. The summed E-state index contributed by atoms with van der Waals surface area (Å²) in [5.74, 6) is -0.418. The first kappa shape index (κ1) is 11.0. The molecular formula is C10H13N3O2. The Balaban J connectivity index is 2.73. The molecule has 1 heterocycles. The van der Waals surface area contributed by atoms with Crippen molar-refractivity contribution < 1.29 is 9.59 Å². The van der Waals surface area contributed by atoms with Gasteiger partial charge in [0, 0.05) is 19.3 Å². The van der Waals surface area contributed by atoms with Crippen LogP contribution < -0.4 is 10.6 Å². The van der Waals surface area contributed by atoms with Crippen LogP contribution in [0.2, 0.25) is 0 Å². The van der Waals surface area contributed by atoms with E-state index >= 15 is 0 Å². The molecule has 0 unspecified atom stereocenters. The molecule has 5 heteroatoms. The Bertz CT molecular complexity index is 324. The molecule has 0 aliphatic carbocycles. The van der Waals surface area contributed by atoms with E-state index in [0.29, 0.717) is 13.1 Å². The van der Waals surface area contributed by atoms with Gasteiger partial charge in [-0.2, -0.15) is 0 Å². The van der Waals surface area contributed by atoms with E-state index in [1.165, 1.54) is 0 Å². The Morgan fingerprint density at radius 1 is 1.13 bits per heavy atom. The molecule has 1 aliphatic heterocycles. The molecule has 0 aromatic rings. The standard InChI is InChI=1S/C10H13N3O2/c1-3-5-13(6-4-2)7-8-9(14)12-10(15)11-8/h3-4,7H,1-2,5-6H2,(H2,11,12,14,15)/b8-7+. The summed E-state index contributed by atoms with van der Waals surface area (Å²) in [6, 6.07) is -0.497. The van der Waals surface area contributed by atoms with E-state index in [9.17, 15) is 9.59 Å². The lowest BCUT2D eigenvalue weighted by Crippen LogP contribution is -2.22. The van der Waals surface area contributed by atoms with Crippen LogP contribution in [0.25, 0.3) is 0 Å². The number of carbonyl (C=O) groups excluding carboxylic acids is 2. The van der Waals surface area contributed by atoms with Crippen LogP contribution in [0, 0.1) is 0 Å². The molecule has 1 aliphatic rings. The average molecular weight is 207 g/mol. The van der Waals surface area contributed by atoms with Crippen LogP contribution in [0.1, 0.15) is 0 Å². The zero-order chi connectivity index (χ0) is 11.3. The van der Waals surface area contributed by atoms with Gasteiger partial charge in [-0.3, -0.25) is 10.1 Å². The van der Waals surface area contributed by atoms with Gasteiger partial charge in [0.1, 0.15) is 5.70 Å². The Hall–Kier alpha value is -2.04. The smallest absolute Gasteiger partial charge is 0.326 e. The zero-order valence-corrected chi connectivity index (χ0v) is 8.32. The van der Waals surface area contributed by atoms with Gasteiger partial charge in [0.15, 0.2) is 0 Å². The van der Waals surface area contributed by atoms with Crippen molar-refractivity contribution >= 4 is 11.9 Å². The van der Waals surface area contributed by atoms with Crippen molar-refractivity contribution in [2.75, 3.05) is 13.1 Å². The second kappa shape index (κ2) is 4.99. The van der Waals surface area contributed by atoms with E-state index in [2.05, 4.69) is 23.8 Å². The summed E-state index contributed by atoms with van der Waals surface area (Å²) < 4.78 is 0. The Morgan fingerprint density at radius 3 is 2.13 bits per heavy atom. The van der Waals surface area contributed by atoms with Crippen LogP contribution in [0.3, 0.4) is 0 Å². The first-order chi connectivity index (χ1) is 7.17. The monoisotopic (exact) mass is 207 g/mol. The van der Waals surface area contributed by atoms with Gasteiger partial charge >= 0.3 is 6.03 Å². The van der Waals surface area contributed by atoms with Gasteiger partial charge in [0.25, 0.3) is 5.91 Å². The van der Waals surface area contributed by atoms with Crippen LogP contribution in [-0.2, 0) is 4.79 Å². The minimum atomic E-state index is -0.497. The Kier molecular flexibility index (Phi) is 3.68. The molecule has 0 bridgehead atoms. The molecule has 80 valence electrons. The second-order valence-corrected chi connectivity index (χ2v) is 2.98. The third-order valence-electron chi connectivity index (χ3n) is 1.76. The number of nitrogens with one attached hydrogen (secondary N) is 2. The molecule has 0 radical (unpaired) electrons. The fourth-order valence-electron chi connectivity index (χ4n) is 1.17. The summed E-state index contributed by atoms with van der Waals surface area (Å²) in [5, 5.41) is 4.52. The normalized spacial score (nSPS) is 17.2. The van der Waals surface area contributed by atoms with Gasteiger partial charge in [-0.1, -0.05) is 12.2 Å². The summed E-state index contributed by atoms with van der Waals surface area (Å²) in [6.07, 6.45) is 4.98. The first-order valence-electron chi connectivity index (χ1n) is 4.47. The van der Waals surface area contributed by atoms with Crippen LogP contribution in [0.15, 0.2) is 37.2 Å². The number of carbonyl (C=O) groups is 2. The lowest BCUT2D eigenvalue weighted by atomic mass is 10.4. The van der Waals surface area contributed by atoms with Crippen molar-refractivity contribution in [1.82, 2.24) is 15.5 Å². The molecule has 3 amide bonds. The van der Waals surface area contributed by atoms with Crippen LogP contribution >= 0.6 is 0 Å². The summed E-state index contributed by atoms with van der Waals surface area (Å²) in [7, 11) is 0. The highest BCUT2D eigenvalue weighted by molar-refractivity contribution is 6.11. The van der Waals surface area contributed by atoms with Crippen LogP contribution in [0.5, 0.6) is 0 Å². The molecule has 1 fully saturated rings. The van der Waals surface area contributed by atoms with E-state index in [4.69, 9.17) is 0 Å². The third kappa shape index (κ3) is 2.98.